The molecule has 1 fully saturated rings. The van der Waals surface area contributed by atoms with Gasteiger partial charge in [0.25, 0.3) is 0 Å². The van der Waals surface area contributed by atoms with Crippen molar-refractivity contribution in [2.75, 3.05) is 19.7 Å². The zero-order valence-electron chi connectivity index (χ0n) is 13.7. The highest BCUT2D eigenvalue weighted by Gasteiger charge is 2.21. The van der Waals surface area contributed by atoms with Crippen molar-refractivity contribution in [2.24, 2.45) is 0 Å². The van der Waals surface area contributed by atoms with Crippen LogP contribution in [0.25, 0.3) is 10.9 Å². The number of hydrogen-bond acceptors (Lipinski definition) is 4. The molecule has 0 spiro atoms. The average Bonchev–Trinajstić information content (AvgIpc) is 3.11. The van der Waals surface area contributed by atoms with E-state index in [2.05, 4.69) is 44.1 Å². The topological polar surface area (TPSA) is 54.0 Å². The van der Waals surface area contributed by atoms with E-state index in [1.165, 1.54) is 16.5 Å². The number of benzene rings is 1. The monoisotopic (exact) mass is 322 g/mol. The van der Waals surface area contributed by atoms with Crippen LogP contribution in [0.3, 0.4) is 0 Å². The Labute approximate surface area is 141 Å². The van der Waals surface area contributed by atoms with E-state index < -0.39 is 0 Å². The summed E-state index contributed by atoms with van der Waals surface area (Å²) in [6, 6.07) is 10.6. The number of aromatic amines is 1. The third kappa shape index (κ3) is 3.47. The Morgan fingerprint density at radius 1 is 1.25 bits per heavy atom. The first-order chi connectivity index (χ1) is 11.9. The number of morpholine rings is 1. The fourth-order valence-electron chi connectivity index (χ4n) is 3.40. The zero-order chi connectivity index (χ0) is 16.2. The Morgan fingerprint density at radius 2 is 2.25 bits per heavy atom. The van der Waals surface area contributed by atoms with Crippen LogP contribution in [0.4, 0.5) is 0 Å². The number of aryl methyl sites for hydroxylation is 1. The average molecular weight is 322 g/mol. The fraction of sp³-hybridized carbons (Fsp3) is 0.368. The van der Waals surface area contributed by atoms with Crippen molar-refractivity contribution in [1.82, 2.24) is 19.9 Å². The Bertz CT molecular complexity index is 786. The van der Waals surface area contributed by atoms with E-state index >= 15 is 0 Å². The first-order valence-corrected chi connectivity index (χ1v) is 8.52. The lowest BCUT2D eigenvalue weighted by Gasteiger charge is -2.33. The lowest BCUT2D eigenvalue weighted by Crippen LogP contribution is -2.42. The van der Waals surface area contributed by atoms with Crippen molar-refractivity contribution >= 4 is 10.9 Å². The quantitative estimate of drug-likeness (QED) is 0.785. The van der Waals surface area contributed by atoms with Crippen LogP contribution < -0.4 is 0 Å². The Kier molecular flexibility index (Phi) is 4.53. The summed E-state index contributed by atoms with van der Waals surface area (Å²) in [6.07, 6.45) is 7.64. The summed E-state index contributed by atoms with van der Waals surface area (Å²) in [4.78, 5) is 14.0. The minimum Gasteiger partial charge on any atom is -0.376 e. The molecule has 1 atom stereocenters. The number of aromatic nitrogens is 3. The molecule has 1 aromatic carbocycles. The van der Waals surface area contributed by atoms with Gasteiger partial charge in [0, 0.05) is 48.6 Å². The van der Waals surface area contributed by atoms with Crippen LogP contribution in [0.1, 0.15) is 17.7 Å². The Morgan fingerprint density at radius 3 is 3.17 bits per heavy atom. The van der Waals surface area contributed by atoms with E-state index in [-0.39, 0.29) is 6.10 Å². The first-order valence-electron chi connectivity index (χ1n) is 8.52. The Balaban J connectivity index is 1.37. The number of H-pyrrole nitrogens is 1. The Hall–Kier alpha value is -2.24. The molecule has 1 unspecified atom stereocenters. The third-order valence-electron chi connectivity index (χ3n) is 4.67. The van der Waals surface area contributed by atoms with Crippen molar-refractivity contribution in [1.29, 1.82) is 0 Å². The van der Waals surface area contributed by atoms with Gasteiger partial charge in [0.15, 0.2) is 0 Å². The molecule has 0 aliphatic carbocycles. The maximum Gasteiger partial charge on any atom is 0.115 e. The number of nitrogens with one attached hydrogen (secondary N) is 1. The van der Waals surface area contributed by atoms with E-state index in [0.29, 0.717) is 0 Å². The summed E-state index contributed by atoms with van der Waals surface area (Å²) in [5.41, 5.74) is 3.68. The second-order valence-corrected chi connectivity index (χ2v) is 6.32. The van der Waals surface area contributed by atoms with Crippen LogP contribution in [0.5, 0.6) is 0 Å². The molecule has 3 heterocycles. The number of fused-ring (bicyclic) bond motifs is 1. The maximum absolute atomic E-state index is 5.95. The van der Waals surface area contributed by atoms with Gasteiger partial charge in [0.1, 0.15) is 6.33 Å². The van der Waals surface area contributed by atoms with Crippen LogP contribution in [0.15, 0.2) is 49.1 Å². The van der Waals surface area contributed by atoms with Crippen LogP contribution in [-0.4, -0.2) is 45.7 Å². The minimum atomic E-state index is 0.277. The van der Waals surface area contributed by atoms with Gasteiger partial charge in [0.2, 0.25) is 0 Å². The number of rotatable bonds is 5. The van der Waals surface area contributed by atoms with Gasteiger partial charge in [-0.15, -0.1) is 0 Å². The molecule has 5 heteroatoms. The second-order valence-electron chi connectivity index (χ2n) is 6.32. The molecule has 0 amide bonds. The van der Waals surface area contributed by atoms with E-state index in [0.717, 1.165) is 44.8 Å². The molecule has 1 aliphatic heterocycles. The SMILES string of the molecule is c1cc(CN2CCOC(CCc3ccncn3)C2)c2cc[nH]c2c1. The molecule has 124 valence electrons. The lowest BCUT2D eigenvalue weighted by molar-refractivity contribution is -0.0345. The molecule has 1 aliphatic rings. The molecule has 1 saturated heterocycles. The standard InChI is InChI=1S/C19H22N4O/c1-2-15(18-7-9-21-19(18)3-1)12-23-10-11-24-17(13-23)5-4-16-6-8-20-14-22-16/h1-3,6-9,14,17,21H,4-5,10-13H2. The summed E-state index contributed by atoms with van der Waals surface area (Å²) < 4.78 is 5.95. The molecule has 5 nitrogen and oxygen atoms in total. The molecule has 4 rings (SSSR count). The van der Waals surface area contributed by atoms with Crippen molar-refractivity contribution in [3.05, 3.63) is 60.3 Å². The molecule has 3 aromatic rings. The van der Waals surface area contributed by atoms with E-state index in [1.54, 1.807) is 12.5 Å². The van der Waals surface area contributed by atoms with Gasteiger partial charge in [-0.2, -0.15) is 0 Å². The summed E-state index contributed by atoms with van der Waals surface area (Å²) in [6.45, 7) is 3.75. The zero-order valence-corrected chi connectivity index (χ0v) is 13.7. The van der Waals surface area contributed by atoms with Crippen LogP contribution in [0, 0.1) is 0 Å². The highest BCUT2D eigenvalue weighted by molar-refractivity contribution is 5.82. The van der Waals surface area contributed by atoms with Gasteiger partial charge >= 0.3 is 0 Å². The largest absolute Gasteiger partial charge is 0.376 e. The number of ether oxygens (including phenoxy) is 1. The van der Waals surface area contributed by atoms with Gasteiger partial charge in [0.05, 0.1) is 12.7 Å². The number of nitrogens with zero attached hydrogens (tertiary/aromatic N) is 3. The van der Waals surface area contributed by atoms with Crippen LogP contribution >= 0.6 is 0 Å². The molecular formula is C19H22N4O. The van der Waals surface area contributed by atoms with Crippen molar-refractivity contribution in [2.45, 2.75) is 25.5 Å². The highest BCUT2D eigenvalue weighted by atomic mass is 16.5. The number of hydrogen-bond donors (Lipinski definition) is 1. The summed E-state index contributed by atoms with van der Waals surface area (Å²) >= 11 is 0. The van der Waals surface area contributed by atoms with Crippen LogP contribution in [0.2, 0.25) is 0 Å². The summed E-state index contributed by atoms with van der Waals surface area (Å²) in [5.74, 6) is 0. The molecule has 0 saturated carbocycles. The van der Waals surface area contributed by atoms with E-state index in [1.807, 2.05) is 12.3 Å². The predicted molar refractivity (Wildman–Crippen MR) is 93.7 cm³/mol. The third-order valence-corrected chi connectivity index (χ3v) is 4.67. The van der Waals surface area contributed by atoms with Gasteiger partial charge < -0.3 is 9.72 Å². The minimum absolute atomic E-state index is 0.277. The lowest BCUT2D eigenvalue weighted by atomic mass is 10.1. The van der Waals surface area contributed by atoms with Crippen molar-refractivity contribution in [3.63, 3.8) is 0 Å². The van der Waals surface area contributed by atoms with Crippen molar-refractivity contribution < 1.29 is 4.74 Å². The van der Waals surface area contributed by atoms with Gasteiger partial charge in [-0.3, -0.25) is 4.90 Å². The highest BCUT2D eigenvalue weighted by Crippen LogP contribution is 2.21. The molecular weight excluding hydrogens is 300 g/mol. The van der Waals surface area contributed by atoms with Gasteiger partial charge in [-0.25, -0.2) is 9.97 Å². The normalized spacial score (nSPS) is 18.9. The predicted octanol–water partition coefficient (Wildman–Crippen LogP) is 2.79. The summed E-state index contributed by atoms with van der Waals surface area (Å²) in [5, 5.41) is 1.32. The van der Waals surface area contributed by atoms with Gasteiger partial charge in [-0.05, 0) is 36.6 Å². The second kappa shape index (κ2) is 7.11. The van der Waals surface area contributed by atoms with E-state index in [4.69, 9.17) is 4.74 Å². The molecule has 0 bridgehead atoms. The first kappa shape index (κ1) is 15.3. The fourth-order valence-corrected chi connectivity index (χ4v) is 3.40. The molecule has 24 heavy (non-hydrogen) atoms. The molecule has 0 radical (unpaired) electrons. The van der Waals surface area contributed by atoms with Crippen LogP contribution in [-0.2, 0) is 17.7 Å². The molecule has 2 aromatic heterocycles. The van der Waals surface area contributed by atoms with E-state index in [9.17, 15) is 0 Å². The smallest absolute Gasteiger partial charge is 0.115 e. The summed E-state index contributed by atoms with van der Waals surface area (Å²) in [7, 11) is 0. The van der Waals surface area contributed by atoms with Crippen molar-refractivity contribution in [3.8, 4) is 0 Å². The molecule has 1 N–H and O–H groups in total. The maximum atomic E-state index is 5.95. The van der Waals surface area contributed by atoms with Gasteiger partial charge in [-0.1, -0.05) is 12.1 Å².